The van der Waals surface area contributed by atoms with Gasteiger partial charge in [0.15, 0.2) is 0 Å². The number of hydrogen-bond acceptors (Lipinski definition) is 6. The number of anilines is 1. The average Bonchev–Trinajstić information content (AvgIpc) is 3.17. The third-order valence-corrected chi connectivity index (χ3v) is 3.78. The number of carbonyl (C=O) groups excluding carboxylic acids is 2. The van der Waals surface area contributed by atoms with E-state index in [0.717, 1.165) is 5.56 Å². The molecule has 0 fully saturated rings. The van der Waals surface area contributed by atoms with E-state index in [1.807, 2.05) is 30.3 Å². The van der Waals surface area contributed by atoms with Gasteiger partial charge in [-0.05, 0) is 16.7 Å². The summed E-state index contributed by atoms with van der Waals surface area (Å²) in [5.41, 5.74) is 6.32. The number of nitrogens with one attached hydrogen (secondary N) is 1. The van der Waals surface area contributed by atoms with Gasteiger partial charge in [0.25, 0.3) is 5.91 Å². The van der Waals surface area contributed by atoms with Gasteiger partial charge in [-0.2, -0.15) is 4.80 Å². The van der Waals surface area contributed by atoms with Gasteiger partial charge >= 0.3 is 0 Å². The summed E-state index contributed by atoms with van der Waals surface area (Å²) in [5.74, 6) is -0.522. The van der Waals surface area contributed by atoms with Gasteiger partial charge in [0.05, 0.1) is 5.56 Å². The van der Waals surface area contributed by atoms with Gasteiger partial charge in [-0.1, -0.05) is 30.3 Å². The van der Waals surface area contributed by atoms with Crippen molar-refractivity contribution in [2.24, 2.45) is 5.73 Å². The Kier molecular flexibility index (Phi) is 4.11. The monoisotopic (exact) mass is 328 g/mol. The SMILES string of the molecule is NC(=O)c1ccsc1NC(=O)Cn1nnc(-c2ccccc2)n1. The number of hydrogen-bond donors (Lipinski definition) is 2. The van der Waals surface area contributed by atoms with Crippen LogP contribution in [0.3, 0.4) is 0 Å². The fourth-order valence-corrected chi connectivity index (χ4v) is 2.72. The van der Waals surface area contributed by atoms with Crippen LogP contribution in [0, 0.1) is 0 Å². The van der Waals surface area contributed by atoms with Crippen LogP contribution in [0.25, 0.3) is 11.4 Å². The molecule has 0 unspecified atom stereocenters. The topological polar surface area (TPSA) is 116 Å². The molecule has 0 saturated carbocycles. The van der Waals surface area contributed by atoms with Gasteiger partial charge in [-0.15, -0.1) is 21.5 Å². The summed E-state index contributed by atoms with van der Waals surface area (Å²) in [6.45, 7) is -0.115. The second kappa shape index (κ2) is 6.36. The summed E-state index contributed by atoms with van der Waals surface area (Å²) in [6.07, 6.45) is 0. The molecule has 3 rings (SSSR count). The lowest BCUT2D eigenvalue weighted by atomic mass is 10.2. The fraction of sp³-hybridized carbons (Fsp3) is 0.0714. The molecule has 3 aromatic rings. The first-order chi connectivity index (χ1) is 11.1. The highest BCUT2D eigenvalue weighted by Gasteiger charge is 2.14. The van der Waals surface area contributed by atoms with Crippen molar-refractivity contribution >= 4 is 28.2 Å². The Morgan fingerprint density at radius 3 is 2.74 bits per heavy atom. The predicted molar refractivity (Wildman–Crippen MR) is 84.7 cm³/mol. The molecule has 1 aromatic carbocycles. The number of carbonyl (C=O) groups is 2. The molecule has 0 aliphatic rings. The molecule has 3 N–H and O–H groups in total. The zero-order valence-corrected chi connectivity index (χ0v) is 12.7. The average molecular weight is 328 g/mol. The Balaban J connectivity index is 1.68. The molecular weight excluding hydrogens is 316 g/mol. The number of primary amides is 1. The van der Waals surface area contributed by atoms with Crippen molar-refractivity contribution in [3.05, 3.63) is 47.3 Å². The highest BCUT2D eigenvalue weighted by atomic mass is 32.1. The lowest BCUT2D eigenvalue weighted by molar-refractivity contribution is -0.117. The smallest absolute Gasteiger partial charge is 0.251 e. The molecule has 116 valence electrons. The van der Waals surface area contributed by atoms with Gasteiger partial charge < -0.3 is 11.1 Å². The lowest BCUT2D eigenvalue weighted by Crippen LogP contribution is -2.22. The van der Waals surface area contributed by atoms with Crippen LogP contribution in [0.2, 0.25) is 0 Å². The number of thiophene rings is 1. The van der Waals surface area contributed by atoms with Crippen molar-refractivity contribution in [2.45, 2.75) is 6.54 Å². The summed E-state index contributed by atoms with van der Waals surface area (Å²) >= 11 is 1.22. The van der Waals surface area contributed by atoms with E-state index < -0.39 is 5.91 Å². The standard InChI is InChI=1S/C14H12N6O2S/c15-12(22)10-6-7-23-14(10)16-11(21)8-20-18-13(17-19-20)9-4-2-1-3-5-9/h1-7H,8H2,(H2,15,22)(H,16,21). The van der Waals surface area contributed by atoms with Crippen LogP contribution in [-0.2, 0) is 11.3 Å². The number of aromatic nitrogens is 4. The molecule has 8 nitrogen and oxygen atoms in total. The molecule has 0 aliphatic heterocycles. The number of amides is 2. The van der Waals surface area contributed by atoms with E-state index in [0.29, 0.717) is 10.8 Å². The third-order valence-electron chi connectivity index (χ3n) is 2.95. The Labute approximate surface area is 134 Å². The molecule has 0 spiro atoms. The van der Waals surface area contributed by atoms with Crippen molar-refractivity contribution < 1.29 is 9.59 Å². The van der Waals surface area contributed by atoms with Crippen LogP contribution < -0.4 is 11.1 Å². The highest BCUT2D eigenvalue weighted by molar-refractivity contribution is 7.14. The summed E-state index contributed by atoms with van der Waals surface area (Å²) in [5, 5.41) is 16.6. The van der Waals surface area contributed by atoms with Crippen LogP contribution in [0.5, 0.6) is 0 Å². The quantitative estimate of drug-likeness (QED) is 0.728. The third kappa shape index (κ3) is 3.40. The van der Waals surface area contributed by atoms with Crippen molar-refractivity contribution in [1.82, 2.24) is 20.2 Å². The second-order valence-corrected chi connectivity index (χ2v) is 5.50. The van der Waals surface area contributed by atoms with Gasteiger partial charge in [-0.3, -0.25) is 9.59 Å². The normalized spacial score (nSPS) is 10.4. The Hall–Kier alpha value is -3.07. The summed E-state index contributed by atoms with van der Waals surface area (Å²) in [6, 6.07) is 10.9. The number of nitrogens with zero attached hydrogens (tertiary/aromatic N) is 4. The molecule has 0 bridgehead atoms. The maximum atomic E-state index is 12.0. The summed E-state index contributed by atoms with van der Waals surface area (Å²) in [4.78, 5) is 24.4. The largest absolute Gasteiger partial charge is 0.366 e. The molecule has 0 atom stereocenters. The first-order valence-corrected chi connectivity index (χ1v) is 7.52. The zero-order valence-electron chi connectivity index (χ0n) is 11.8. The maximum absolute atomic E-state index is 12.0. The van der Waals surface area contributed by atoms with Crippen LogP contribution >= 0.6 is 11.3 Å². The van der Waals surface area contributed by atoms with E-state index in [1.54, 1.807) is 11.4 Å². The molecule has 0 radical (unpaired) electrons. The summed E-state index contributed by atoms with van der Waals surface area (Å²) in [7, 11) is 0. The van der Waals surface area contributed by atoms with Crippen LogP contribution in [0.15, 0.2) is 41.8 Å². The number of nitrogens with two attached hydrogens (primary N) is 1. The first kappa shape index (κ1) is 14.9. The van der Waals surface area contributed by atoms with Gasteiger partial charge in [0.2, 0.25) is 11.7 Å². The molecule has 2 aromatic heterocycles. The van der Waals surface area contributed by atoms with E-state index in [-0.39, 0.29) is 18.0 Å². The van der Waals surface area contributed by atoms with Crippen molar-refractivity contribution in [2.75, 3.05) is 5.32 Å². The first-order valence-electron chi connectivity index (χ1n) is 6.64. The molecule has 0 saturated heterocycles. The molecule has 9 heteroatoms. The molecular formula is C14H12N6O2S. The molecule has 0 aliphatic carbocycles. The van der Waals surface area contributed by atoms with Gasteiger partial charge in [0, 0.05) is 5.56 Å². The van der Waals surface area contributed by atoms with Gasteiger partial charge in [-0.25, -0.2) is 0 Å². The minimum absolute atomic E-state index is 0.115. The van der Waals surface area contributed by atoms with Crippen molar-refractivity contribution in [1.29, 1.82) is 0 Å². The fourth-order valence-electron chi connectivity index (χ4n) is 1.91. The molecule has 2 amide bonds. The molecule has 2 heterocycles. The van der Waals surface area contributed by atoms with E-state index in [9.17, 15) is 9.59 Å². The van der Waals surface area contributed by atoms with E-state index >= 15 is 0 Å². The maximum Gasteiger partial charge on any atom is 0.251 e. The van der Waals surface area contributed by atoms with Crippen molar-refractivity contribution in [3.63, 3.8) is 0 Å². The highest BCUT2D eigenvalue weighted by Crippen LogP contribution is 2.22. The van der Waals surface area contributed by atoms with Crippen LogP contribution in [0.4, 0.5) is 5.00 Å². The van der Waals surface area contributed by atoms with Crippen LogP contribution in [-0.4, -0.2) is 32.0 Å². The Morgan fingerprint density at radius 1 is 1.22 bits per heavy atom. The number of benzene rings is 1. The number of rotatable bonds is 5. The Morgan fingerprint density at radius 2 is 2.00 bits per heavy atom. The van der Waals surface area contributed by atoms with E-state index in [4.69, 9.17) is 5.73 Å². The Bertz CT molecular complexity index is 842. The lowest BCUT2D eigenvalue weighted by Gasteiger charge is -2.03. The van der Waals surface area contributed by atoms with Gasteiger partial charge in [0.1, 0.15) is 11.5 Å². The predicted octanol–water partition coefficient (Wildman–Crippen LogP) is 1.14. The molecule has 23 heavy (non-hydrogen) atoms. The summed E-state index contributed by atoms with van der Waals surface area (Å²) < 4.78 is 0. The second-order valence-electron chi connectivity index (χ2n) is 4.59. The van der Waals surface area contributed by atoms with Crippen molar-refractivity contribution in [3.8, 4) is 11.4 Å². The minimum Gasteiger partial charge on any atom is -0.366 e. The number of tetrazole rings is 1. The van der Waals surface area contributed by atoms with E-state index in [1.165, 1.54) is 16.1 Å². The van der Waals surface area contributed by atoms with E-state index in [2.05, 4.69) is 20.7 Å². The van der Waals surface area contributed by atoms with Crippen LogP contribution in [0.1, 0.15) is 10.4 Å². The zero-order chi connectivity index (χ0) is 16.2. The minimum atomic E-state index is -0.591.